The van der Waals surface area contributed by atoms with E-state index in [1.54, 1.807) is 7.11 Å². The molecule has 2 aromatic rings. The zero-order valence-electron chi connectivity index (χ0n) is 13.1. The van der Waals surface area contributed by atoms with Gasteiger partial charge in [-0.15, -0.1) is 0 Å². The molecule has 0 aliphatic rings. The Labute approximate surface area is 131 Å². The molecule has 0 aromatic heterocycles. The summed E-state index contributed by atoms with van der Waals surface area (Å²) in [6, 6.07) is 15.7. The molecule has 2 rings (SSSR count). The summed E-state index contributed by atoms with van der Waals surface area (Å²) in [5.74, 6) is 0.850. The van der Waals surface area contributed by atoms with Crippen LogP contribution in [-0.2, 0) is 11.2 Å². The van der Waals surface area contributed by atoms with Crippen molar-refractivity contribution in [3.05, 3.63) is 59.7 Å². The molecule has 4 nitrogen and oxygen atoms in total. The highest BCUT2D eigenvalue weighted by molar-refractivity contribution is 5.92. The van der Waals surface area contributed by atoms with Gasteiger partial charge in [-0.25, -0.2) is 0 Å². The third-order valence-corrected chi connectivity index (χ3v) is 3.47. The molecule has 22 heavy (non-hydrogen) atoms. The minimum Gasteiger partial charge on any atom is -0.496 e. The average molecular weight is 298 g/mol. The highest BCUT2D eigenvalue weighted by Crippen LogP contribution is 2.17. The van der Waals surface area contributed by atoms with Gasteiger partial charge in [0, 0.05) is 5.69 Å². The number of aryl methyl sites for hydroxylation is 1. The van der Waals surface area contributed by atoms with E-state index in [0.29, 0.717) is 6.54 Å². The van der Waals surface area contributed by atoms with Gasteiger partial charge in [-0.2, -0.15) is 0 Å². The number of para-hydroxylation sites is 2. The van der Waals surface area contributed by atoms with Crippen LogP contribution in [0.2, 0.25) is 0 Å². The van der Waals surface area contributed by atoms with Crippen LogP contribution in [0.3, 0.4) is 0 Å². The van der Waals surface area contributed by atoms with Gasteiger partial charge in [0.05, 0.1) is 13.7 Å². The third-order valence-electron chi connectivity index (χ3n) is 3.47. The first kappa shape index (κ1) is 16.0. The highest BCUT2D eigenvalue weighted by atomic mass is 16.5. The number of amides is 1. The van der Waals surface area contributed by atoms with Crippen molar-refractivity contribution in [1.29, 1.82) is 0 Å². The molecule has 0 unspecified atom stereocenters. The van der Waals surface area contributed by atoms with E-state index in [4.69, 9.17) is 4.74 Å². The van der Waals surface area contributed by atoms with Gasteiger partial charge >= 0.3 is 0 Å². The van der Waals surface area contributed by atoms with E-state index < -0.39 is 0 Å². The van der Waals surface area contributed by atoms with Crippen LogP contribution >= 0.6 is 0 Å². The van der Waals surface area contributed by atoms with Gasteiger partial charge in [0.1, 0.15) is 5.75 Å². The molecule has 0 heterocycles. The molecule has 0 aliphatic heterocycles. The van der Waals surface area contributed by atoms with E-state index in [9.17, 15) is 4.79 Å². The number of carbonyl (C=O) groups excluding carboxylic acids is 1. The van der Waals surface area contributed by atoms with Gasteiger partial charge in [0.25, 0.3) is 0 Å². The second-order valence-electron chi connectivity index (χ2n) is 5.10. The van der Waals surface area contributed by atoms with Crippen molar-refractivity contribution in [3.63, 3.8) is 0 Å². The minimum absolute atomic E-state index is 0.0330. The van der Waals surface area contributed by atoms with Gasteiger partial charge in [-0.05, 0) is 43.1 Å². The van der Waals surface area contributed by atoms with Gasteiger partial charge in [0.2, 0.25) is 5.91 Å². The molecule has 4 heteroatoms. The van der Waals surface area contributed by atoms with Crippen LogP contribution < -0.4 is 15.4 Å². The van der Waals surface area contributed by atoms with Crippen LogP contribution in [0.4, 0.5) is 5.69 Å². The maximum absolute atomic E-state index is 11.9. The first-order chi connectivity index (χ1) is 10.7. The van der Waals surface area contributed by atoms with Crippen LogP contribution in [0.5, 0.6) is 5.75 Å². The summed E-state index contributed by atoms with van der Waals surface area (Å²) in [4.78, 5) is 11.9. The van der Waals surface area contributed by atoms with Crippen molar-refractivity contribution in [3.8, 4) is 5.75 Å². The summed E-state index contributed by atoms with van der Waals surface area (Å²) in [5, 5.41) is 6.06. The fourth-order valence-corrected chi connectivity index (χ4v) is 2.24. The maximum Gasteiger partial charge on any atom is 0.238 e. The van der Waals surface area contributed by atoms with Crippen LogP contribution in [-0.4, -0.2) is 26.1 Å². The summed E-state index contributed by atoms with van der Waals surface area (Å²) >= 11 is 0. The molecule has 2 N–H and O–H groups in total. The lowest BCUT2D eigenvalue weighted by atomic mass is 10.1. The summed E-state index contributed by atoms with van der Waals surface area (Å²) in [6.45, 7) is 3.00. The maximum atomic E-state index is 11.9. The third kappa shape index (κ3) is 4.60. The lowest BCUT2D eigenvalue weighted by Gasteiger charge is -2.10. The summed E-state index contributed by atoms with van der Waals surface area (Å²) in [7, 11) is 1.67. The number of hydrogen-bond donors (Lipinski definition) is 2. The highest BCUT2D eigenvalue weighted by Gasteiger charge is 2.05. The lowest BCUT2D eigenvalue weighted by molar-refractivity contribution is -0.115. The molecule has 0 aliphatic carbocycles. The number of nitrogens with one attached hydrogen (secondary N) is 2. The topological polar surface area (TPSA) is 50.4 Å². The second-order valence-corrected chi connectivity index (χ2v) is 5.10. The van der Waals surface area contributed by atoms with Crippen LogP contribution in [0.25, 0.3) is 0 Å². The van der Waals surface area contributed by atoms with E-state index in [-0.39, 0.29) is 5.91 Å². The predicted molar refractivity (Wildman–Crippen MR) is 89.4 cm³/mol. The van der Waals surface area contributed by atoms with Crippen molar-refractivity contribution in [1.82, 2.24) is 5.32 Å². The van der Waals surface area contributed by atoms with Gasteiger partial charge in [-0.1, -0.05) is 36.4 Å². The molecule has 1 amide bonds. The van der Waals surface area contributed by atoms with Crippen molar-refractivity contribution in [2.45, 2.75) is 13.3 Å². The van der Waals surface area contributed by atoms with Crippen LogP contribution in [0, 0.1) is 6.92 Å². The summed E-state index contributed by atoms with van der Waals surface area (Å²) in [6.07, 6.45) is 0.821. The lowest BCUT2D eigenvalue weighted by Crippen LogP contribution is -2.29. The van der Waals surface area contributed by atoms with Gasteiger partial charge < -0.3 is 15.4 Å². The van der Waals surface area contributed by atoms with Gasteiger partial charge in [-0.3, -0.25) is 4.79 Å². The molecular weight excluding hydrogens is 276 g/mol. The number of ether oxygens (including phenoxy) is 1. The zero-order chi connectivity index (χ0) is 15.8. The monoisotopic (exact) mass is 298 g/mol. The van der Waals surface area contributed by atoms with Crippen LogP contribution in [0.1, 0.15) is 11.1 Å². The fraction of sp³-hybridized carbons (Fsp3) is 0.278. The van der Waals surface area contributed by atoms with Crippen LogP contribution in [0.15, 0.2) is 48.5 Å². The number of methoxy groups -OCH3 is 1. The van der Waals surface area contributed by atoms with Gasteiger partial charge in [0.15, 0.2) is 0 Å². The Hall–Kier alpha value is -2.33. The predicted octanol–water partition coefficient (Wildman–Crippen LogP) is 2.77. The molecule has 2 aromatic carbocycles. The van der Waals surface area contributed by atoms with E-state index in [0.717, 1.165) is 35.5 Å². The molecule has 0 saturated carbocycles. The molecule has 0 radical (unpaired) electrons. The normalized spacial score (nSPS) is 10.3. The summed E-state index contributed by atoms with van der Waals surface area (Å²) in [5.41, 5.74) is 3.06. The van der Waals surface area contributed by atoms with E-state index in [1.165, 1.54) is 0 Å². The second kappa shape index (κ2) is 8.20. The number of benzene rings is 2. The first-order valence-corrected chi connectivity index (χ1v) is 7.39. The summed E-state index contributed by atoms with van der Waals surface area (Å²) < 4.78 is 5.31. The van der Waals surface area contributed by atoms with E-state index in [1.807, 2.05) is 55.5 Å². The standard InChI is InChI=1S/C18H22N2O2/c1-14-7-3-5-9-16(14)20-18(21)13-19-12-11-15-8-4-6-10-17(15)22-2/h3-10,19H,11-13H2,1-2H3,(H,20,21). The molecular formula is C18H22N2O2. The van der Waals surface area contributed by atoms with Crippen molar-refractivity contribution < 1.29 is 9.53 Å². The number of hydrogen-bond acceptors (Lipinski definition) is 3. The van der Waals surface area contributed by atoms with Crippen molar-refractivity contribution in [2.75, 3.05) is 25.5 Å². The molecule has 0 saturated heterocycles. The molecule has 0 spiro atoms. The Morgan fingerprint density at radius 1 is 1.09 bits per heavy atom. The SMILES string of the molecule is COc1ccccc1CCNCC(=O)Nc1ccccc1C. The Balaban J connectivity index is 1.75. The minimum atomic E-state index is -0.0330. The largest absolute Gasteiger partial charge is 0.496 e. The smallest absolute Gasteiger partial charge is 0.238 e. The Bertz CT molecular complexity index is 626. The first-order valence-electron chi connectivity index (χ1n) is 7.39. The Kier molecular flexibility index (Phi) is 5.98. The molecule has 0 fully saturated rings. The van der Waals surface area contributed by atoms with E-state index >= 15 is 0 Å². The van der Waals surface area contributed by atoms with Crippen molar-refractivity contribution >= 4 is 11.6 Å². The number of anilines is 1. The zero-order valence-corrected chi connectivity index (χ0v) is 13.1. The fourth-order valence-electron chi connectivity index (χ4n) is 2.24. The average Bonchev–Trinajstić information content (AvgIpc) is 2.54. The molecule has 116 valence electrons. The number of carbonyl (C=O) groups is 1. The van der Waals surface area contributed by atoms with Crippen molar-refractivity contribution in [2.24, 2.45) is 0 Å². The van der Waals surface area contributed by atoms with E-state index in [2.05, 4.69) is 10.6 Å². The molecule has 0 bridgehead atoms. The quantitative estimate of drug-likeness (QED) is 0.773. The Morgan fingerprint density at radius 3 is 2.59 bits per heavy atom. The molecule has 0 atom stereocenters. The number of rotatable bonds is 7. The Morgan fingerprint density at radius 2 is 1.82 bits per heavy atom.